The molecule has 0 aromatic heterocycles. The number of hydrogen-bond acceptors (Lipinski definition) is 2. The number of rotatable bonds is 6. The number of benzene rings is 1. The molecule has 1 saturated carbocycles. The summed E-state index contributed by atoms with van der Waals surface area (Å²) in [5.41, 5.74) is 1.92. The van der Waals surface area contributed by atoms with Crippen molar-refractivity contribution in [2.45, 2.75) is 45.4 Å². The van der Waals surface area contributed by atoms with Crippen molar-refractivity contribution in [3.05, 3.63) is 35.4 Å². The molecule has 0 heterocycles. The molecule has 1 aromatic rings. The van der Waals surface area contributed by atoms with Crippen LogP contribution in [0.4, 0.5) is 0 Å². The van der Waals surface area contributed by atoms with Crippen molar-refractivity contribution in [2.75, 3.05) is 19.6 Å². The minimum atomic E-state index is 0.0197. The Bertz CT molecular complexity index is 419. The summed E-state index contributed by atoms with van der Waals surface area (Å²) < 4.78 is 0. The molecule has 0 bridgehead atoms. The van der Waals surface area contributed by atoms with Crippen molar-refractivity contribution in [1.29, 1.82) is 0 Å². The molecule has 116 valence electrons. The van der Waals surface area contributed by atoms with E-state index in [1.807, 2.05) is 31.2 Å². The molecule has 2 rings (SSSR count). The van der Waals surface area contributed by atoms with Crippen LogP contribution in [-0.4, -0.2) is 25.5 Å². The van der Waals surface area contributed by atoms with E-state index >= 15 is 0 Å². The molecule has 1 amide bonds. The summed E-state index contributed by atoms with van der Waals surface area (Å²) in [6.45, 7) is 4.67. The van der Waals surface area contributed by atoms with Crippen LogP contribution in [0.15, 0.2) is 24.3 Å². The van der Waals surface area contributed by atoms with Crippen LogP contribution < -0.4 is 10.6 Å². The van der Waals surface area contributed by atoms with Gasteiger partial charge in [-0.15, -0.1) is 0 Å². The molecule has 3 heteroatoms. The molecule has 21 heavy (non-hydrogen) atoms. The summed E-state index contributed by atoms with van der Waals surface area (Å²) in [6.07, 6.45) is 8.31. The lowest BCUT2D eigenvalue weighted by atomic mass is 10.0. The van der Waals surface area contributed by atoms with Gasteiger partial charge in [0.1, 0.15) is 0 Å². The van der Waals surface area contributed by atoms with Crippen molar-refractivity contribution >= 4 is 5.91 Å². The van der Waals surface area contributed by atoms with Gasteiger partial charge in [0.2, 0.25) is 0 Å². The Morgan fingerprint density at radius 1 is 1.05 bits per heavy atom. The van der Waals surface area contributed by atoms with E-state index in [4.69, 9.17) is 0 Å². The van der Waals surface area contributed by atoms with Crippen LogP contribution in [0.25, 0.3) is 0 Å². The van der Waals surface area contributed by atoms with Crippen molar-refractivity contribution < 1.29 is 4.79 Å². The van der Waals surface area contributed by atoms with Crippen molar-refractivity contribution in [2.24, 2.45) is 5.92 Å². The average Bonchev–Trinajstić information content (AvgIpc) is 2.76. The summed E-state index contributed by atoms with van der Waals surface area (Å²) in [5.74, 6) is 0.853. The van der Waals surface area contributed by atoms with Crippen molar-refractivity contribution in [3.63, 3.8) is 0 Å². The molecule has 0 saturated heterocycles. The predicted octanol–water partition coefficient (Wildman–Crippen LogP) is 3.28. The van der Waals surface area contributed by atoms with E-state index in [0.29, 0.717) is 6.54 Å². The van der Waals surface area contributed by atoms with Gasteiger partial charge >= 0.3 is 0 Å². The van der Waals surface area contributed by atoms with Crippen LogP contribution in [0.1, 0.15) is 54.4 Å². The topological polar surface area (TPSA) is 41.1 Å². The predicted molar refractivity (Wildman–Crippen MR) is 87.6 cm³/mol. The van der Waals surface area contributed by atoms with E-state index in [2.05, 4.69) is 10.6 Å². The monoisotopic (exact) mass is 288 g/mol. The molecule has 0 spiro atoms. The van der Waals surface area contributed by atoms with E-state index < -0.39 is 0 Å². The highest BCUT2D eigenvalue weighted by Gasteiger charge is 2.11. The molecule has 0 radical (unpaired) electrons. The number of carbonyl (C=O) groups excluding carboxylic acids is 1. The van der Waals surface area contributed by atoms with Gasteiger partial charge in [0, 0.05) is 18.7 Å². The fourth-order valence-electron chi connectivity index (χ4n) is 2.95. The fourth-order valence-corrected chi connectivity index (χ4v) is 2.95. The lowest BCUT2D eigenvalue weighted by Crippen LogP contribution is -2.33. The first-order valence-corrected chi connectivity index (χ1v) is 8.31. The van der Waals surface area contributed by atoms with E-state index in [9.17, 15) is 4.79 Å². The minimum Gasteiger partial charge on any atom is -0.351 e. The van der Waals surface area contributed by atoms with Gasteiger partial charge in [-0.05, 0) is 44.4 Å². The number of aryl methyl sites for hydroxylation is 1. The molecular weight excluding hydrogens is 260 g/mol. The number of carbonyl (C=O) groups is 1. The Labute approximate surface area is 128 Å². The van der Waals surface area contributed by atoms with Crippen LogP contribution >= 0.6 is 0 Å². The first kappa shape index (κ1) is 16.0. The van der Waals surface area contributed by atoms with Crippen LogP contribution in [0, 0.1) is 12.8 Å². The zero-order valence-corrected chi connectivity index (χ0v) is 13.2. The van der Waals surface area contributed by atoms with Crippen LogP contribution in [0.3, 0.4) is 0 Å². The van der Waals surface area contributed by atoms with Gasteiger partial charge in [-0.1, -0.05) is 43.4 Å². The third kappa shape index (κ3) is 5.88. The average molecular weight is 288 g/mol. The van der Waals surface area contributed by atoms with E-state index in [0.717, 1.165) is 24.6 Å². The van der Waals surface area contributed by atoms with Crippen LogP contribution in [0.5, 0.6) is 0 Å². The molecule has 1 aliphatic carbocycles. The van der Waals surface area contributed by atoms with Crippen LogP contribution in [0.2, 0.25) is 0 Å². The molecule has 2 N–H and O–H groups in total. The molecule has 1 fully saturated rings. The van der Waals surface area contributed by atoms with Gasteiger partial charge < -0.3 is 10.6 Å². The Morgan fingerprint density at radius 2 is 1.71 bits per heavy atom. The van der Waals surface area contributed by atoms with Gasteiger partial charge in [-0.25, -0.2) is 0 Å². The molecular formula is C18H28N2O. The lowest BCUT2D eigenvalue weighted by Gasteiger charge is -2.15. The number of nitrogens with one attached hydrogen (secondary N) is 2. The van der Waals surface area contributed by atoms with Crippen LogP contribution in [-0.2, 0) is 0 Å². The Morgan fingerprint density at radius 3 is 2.38 bits per heavy atom. The Hall–Kier alpha value is -1.35. The zero-order valence-electron chi connectivity index (χ0n) is 13.2. The molecule has 0 atom stereocenters. The van der Waals surface area contributed by atoms with Gasteiger partial charge in [0.25, 0.3) is 5.91 Å². The maximum absolute atomic E-state index is 11.9. The normalized spacial score (nSPS) is 16.4. The SMILES string of the molecule is Cc1ccc(C(=O)NCCNCC2CCCCCC2)cc1. The first-order valence-electron chi connectivity index (χ1n) is 8.31. The second-order valence-electron chi connectivity index (χ2n) is 6.18. The maximum atomic E-state index is 11.9. The Balaban J connectivity index is 1.58. The van der Waals surface area contributed by atoms with Gasteiger partial charge in [0.05, 0.1) is 0 Å². The van der Waals surface area contributed by atoms with E-state index in [-0.39, 0.29) is 5.91 Å². The largest absolute Gasteiger partial charge is 0.351 e. The third-order valence-corrected chi connectivity index (χ3v) is 4.31. The maximum Gasteiger partial charge on any atom is 0.251 e. The standard InChI is InChI=1S/C18H28N2O/c1-15-8-10-17(11-9-15)18(21)20-13-12-19-14-16-6-4-2-3-5-7-16/h8-11,16,19H,2-7,12-14H2,1H3,(H,20,21). The zero-order chi connectivity index (χ0) is 14.9. The van der Waals surface area contributed by atoms with Crippen molar-refractivity contribution in [3.8, 4) is 0 Å². The van der Waals surface area contributed by atoms with Gasteiger partial charge in [-0.2, -0.15) is 0 Å². The summed E-state index contributed by atoms with van der Waals surface area (Å²) >= 11 is 0. The fraction of sp³-hybridized carbons (Fsp3) is 0.611. The highest BCUT2D eigenvalue weighted by Crippen LogP contribution is 2.21. The van der Waals surface area contributed by atoms with E-state index in [1.165, 1.54) is 44.1 Å². The number of hydrogen-bond donors (Lipinski definition) is 2. The van der Waals surface area contributed by atoms with Crippen molar-refractivity contribution in [1.82, 2.24) is 10.6 Å². The van der Waals surface area contributed by atoms with Gasteiger partial charge in [-0.3, -0.25) is 4.79 Å². The third-order valence-electron chi connectivity index (χ3n) is 4.31. The summed E-state index contributed by atoms with van der Waals surface area (Å²) in [5, 5.41) is 6.45. The minimum absolute atomic E-state index is 0.0197. The smallest absolute Gasteiger partial charge is 0.251 e. The van der Waals surface area contributed by atoms with Gasteiger partial charge in [0.15, 0.2) is 0 Å². The van der Waals surface area contributed by atoms with E-state index in [1.54, 1.807) is 0 Å². The molecule has 0 aliphatic heterocycles. The quantitative estimate of drug-likeness (QED) is 0.623. The summed E-state index contributed by atoms with van der Waals surface area (Å²) in [7, 11) is 0. The second-order valence-corrected chi connectivity index (χ2v) is 6.18. The summed E-state index contributed by atoms with van der Waals surface area (Å²) in [6, 6.07) is 7.70. The lowest BCUT2D eigenvalue weighted by molar-refractivity contribution is 0.0954. The first-order chi connectivity index (χ1) is 10.3. The highest BCUT2D eigenvalue weighted by molar-refractivity contribution is 5.94. The summed E-state index contributed by atoms with van der Waals surface area (Å²) in [4.78, 5) is 11.9. The number of amides is 1. The second kappa shape index (κ2) is 8.83. The highest BCUT2D eigenvalue weighted by atomic mass is 16.1. The Kier molecular flexibility index (Phi) is 6.74. The molecule has 1 aromatic carbocycles. The molecule has 1 aliphatic rings. The molecule has 3 nitrogen and oxygen atoms in total. The molecule has 0 unspecified atom stereocenters.